The second kappa shape index (κ2) is 7.34. The van der Waals surface area contributed by atoms with Crippen molar-refractivity contribution in [1.29, 1.82) is 10.5 Å². The number of allylic oxidation sites excluding steroid dienone is 1. The van der Waals surface area contributed by atoms with E-state index in [1.54, 1.807) is 42.5 Å². The van der Waals surface area contributed by atoms with Gasteiger partial charge in [-0.15, -0.1) is 0 Å². The van der Waals surface area contributed by atoms with Crippen LogP contribution in [0.3, 0.4) is 0 Å². The van der Waals surface area contributed by atoms with Gasteiger partial charge in [0.1, 0.15) is 17.7 Å². The number of nitro benzene ring substituents is 1. The molecular weight excluding hydrogens is 308 g/mol. The van der Waals surface area contributed by atoms with E-state index in [2.05, 4.69) is 5.32 Å². The third kappa shape index (κ3) is 3.62. The molecule has 7 heteroatoms. The molecule has 7 nitrogen and oxygen atoms in total. The first-order valence-corrected chi connectivity index (χ1v) is 6.72. The highest BCUT2D eigenvalue weighted by Crippen LogP contribution is 2.25. The van der Waals surface area contributed by atoms with Crippen LogP contribution in [0.1, 0.15) is 15.9 Å². The van der Waals surface area contributed by atoms with Gasteiger partial charge in [0.05, 0.1) is 10.5 Å². The average Bonchev–Trinajstić information content (AvgIpc) is 2.62. The van der Waals surface area contributed by atoms with Crippen LogP contribution >= 0.6 is 0 Å². The highest BCUT2D eigenvalue weighted by Gasteiger charge is 2.17. The van der Waals surface area contributed by atoms with E-state index in [1.807, 2.05) is 0 Å². The molecule has 116 valence electrons. The van der Waals surface area contributed by atoms with Crippen molar-refractivity contribution in [3.63, 3.8) is 0 Å². The second-order valence-corrected chi connectivity index (χ2v) is 4.61. The van der Waals surface area contributed by atoms with Crippen LogP contribution in [0.5, 0.6) is 0 Å². The molecule has 24 heavy (non-hydrogen) atoms. The number of benzene rings is 2. The van der Waals surface area contributed by atoms with Gasteiger partial charge >= 0.3 is 0 Å². The molecule has 2 rings (SSSR count). The zero-order valence-corrected chi connectivity index (χ0v) is 12.3. The maximum atomic E-state index is 12.6. The molecule has 0 saturated heterocycles. The van der Waals surface area contributed by atoms with Gasteiger partial charge in [0.25, 0.3) is 5.69 Å². The number of carbonyl (C=O) groups excluding carboxylic acids is 1. The zero-order chi connectivity index (χ0) is 17.5. The number of anilines is 1. The minimum absolute atomic E-state index is 0.0712. The molecule has 0 unspecified atom stereocenters. The van der Waals surface area contributed by atoms with Gasteiger partial charge in [-0.05, 0) is 6.07 Å². The number of nitro groups is 1. The predicted molar refractivity (Wildman–Crippen MR) is 85.9 cm³/mol. The van der Waals surface area contributed by atoms with Crippen molar-refractivity contribution in [2.75, 3.05) is 5.32 Å². The third-order valence-corrected chi connectivity index (χ3v) is 3.11. The number of nitriles is 2. The Morgan fingerprint density at radius 1 is 1.12 bits per heavy atom. The molecule has 0 heterocycles. The van der Waals surface area contributed by atoms with E-state index >= 15 is 0 Å². The molecule has 0 aliphatic rings. The fourth-order valence-electron chi connectivity index (χ4n) is 1.94. The standard InChI is InChI=1S/C17H10N4O3/c18-9-12(10-19)11-20-16-7-6-14(21(23)24)8-15(16)17(22)13-4-2-1-3-5-13/h1-8,11,20H. The number of nitrogens with zero attached hydrogens (tertiary/aromatic N) is 3. The molecule has 0 amide bonds. The molecule has 0 bridgehead atoms. The van der Waals surface area contributed by atoms with E-state index in [4.69, 9.17) is 10.5 Å². The van der Waals surface area contributed by atoms with Crippen molar-refractivity contribution < 1.29 is 9.72 Å². The zero-order valence-electron chi connectivity index (χ0n) is 12.3. The van der Waals surface area contributed by atoms with Crippen molar-refractivity contribution in [2.45, 2.75) is 0 Å². The van der Waals surface area contributed by atoms with Crippen molar-refractivity contribution >= 4 is 17.2 Å². The summed E-state index contributed by atoms with van der Waals surface area (Å²) in [7, 11) is 0. The molecule has 2 aromatic carbocycles. The van der Waals surface area contributed by atoms with E-state index in [-0.39, 0.29) is 22.5 Å². The Labute approximate surface area is 137 Å². The third-order valence-electron chi connectivity index (χ3n) is 3.11. The van der Waals surface area contributed by atoms with Crippen LogP contribution < -0.4 is 5.32 Å². The molecule has 0 atom stereocenters. The van der Waals surface area contributed by atoms with Crippen LogP contribution in [0.15, 0.2) is 60.3 Å². The van der Waals surface area contributed by atoms with Gasteiger partial charge in [-0.2, -0.15) is 10.5 Å². The maximum absolute atomic E-state index is 12.6. The maximum Gasteiger partial charge on any atom is 0.270 e. The minimum Gasteiger partial charge on any atom is -0.359 e. The lowest BCUT2D eigenvalue weighted by Gasteiger charge is -2.08. The summed E-state index contributed by atoms with van der Waals surface area (Å²) < 4.78 is 0. The molecular formula is C17H10N4O3. The van der Waals surface area contributed by atoms with E-state index in [1.165, 1.54) is 12.1 Å². The average molecular weight is 318 g/mol. The summed E-state index contributed by atoms with van der Waals surface area (Å²) in [4.78, 5) is 23.0. The van der Waals surface area contributed by atoms with Crippen LogP contribution in [-0.2, 0) is 0 Å². The van der Waals surface area contributed by atoms with E-state index in [9.17, 15) is 14.9 Å². The quantitative estimate of drug-likeness (QED) is 0.391. The molecule has 0 fully saturated rings. The first-order chi connectivity index (χ1) is 11.6. The summed E-state index contributed by atoms with van der Waals surface area (Å²) in [6.45, 7) is 0. The normalized spacial score (nSPS) is 9.25. The van der Waals surface area contributed by atoms with Crippen LogP contribution in [0.2, 0.25) is 0 Å². The highest BCUT2D eigenvalue weighted by molar-refractivity contribution is 6.12. The summed E-state index contributed by atoms with van der Waals surface area (Å²) >= 11 is 0. The minimum atomic E-state index is -0.600. The fraction of sp³-hybridized carbons (Fsp3) is 0. The van der Waals surface area contributed by atoms with Gasteiger partial charge in [0, 0.05) is 29.6 Å². The predicted octanol–water partition coefficient (Wildman–Crippen LogP) is 3.17. The number of hydrogen-bond acceptors (Lipinski definition) is 6. The lowest BCUT2D eigenvalue weighted by atomic mass is 10.0. The molecule has 0 aromatic heterocycles. The lowest BCUT2D eigenvalue weighted by Crippen LogP contribution is -2.06. The Bertz CT molecular complexity index is 890. The number of rotatable bonds is 5. The monoisotopic (exact) mass is 318 g/mol. The molecule has 1 N–H and O–H groups in total. The Balaban J connectivity index is 2.50. The van der Waals surface area contributed by atoms with Crippen molar-refractivity contribution in [1.82, 2.24) is 0 Å². The van der Waals surface area contributed by atoms with Gasteiger partial charge in [0.2, 0.25) is 0 Å². The van der Waals surface area contributed by atoms with Crippen molar-refractivity contribution in [3.8, 4) is 12.1 Å². The summed E-state index contributed by atoms with van der Waals surface area (Å²) in [6.07, 6.45) is 1.14. The summed E-state index contributed by atoms with van der Waals surface area (Å²) in [5.41, 5.74) is 0.279. The first-order valence-electron chi connectivity index (χ1n) is 6.72. The van der Waals surface area contributed by atoms with Crippen LogP contribution in [0, 0.1) is 32.8 Å². The van der Waals surface area contributed by atoms with E-state index in [0.717, 1.165) is 12.3 Å². The van der Waals surface area contributed by atoms with Gasteiger partial charge < -0.3 is 5.32 Å². The highest BCUT2D eigenvalue weighted by atomic mass is 16.6. The Hall–Kier alpha value is -3.97. The summed E-state index contributed by atoms with van der Waals surface area (Å²) in [5, 5.41) is 31.1. The SMILES string of the molecule is N#CC(C#N)=CNc1ccc([N+](=O)[O-])cc1C(=O)c1ccccc1. The topological polar surface area (TPSA) is 120 Å². The Kier molecular flexibility index (Phi) is 5.02. The number of nitrogens with one attached hydrogen (secondary N) is 1. The van der Waals surface area contributed by atoms with Crippen molar-refractivity contribution in [2.24, 2.45) is 0 Å². The summed E-state index contributed by atoms with van der Waals surface area (Å²) in [6, 6.07) is 15.4. The number of hydrogen-bond donors (Lipinski definition) is 1. The van der Waals surface area contributed by atoms with Crippen LogP contribution in [0.4, 0.5) is 11.4 Å². The van der Waals surface area contributed by atoms with Crippen LogP contribution in [-0.4, -0.2) is 10.7 Å². The smallest absolute Gasteiger partial charge is 0.270 e. The molecule has 0 radical (unpaired) electrons. The Morgan fingerprint density at radius 2 is 1.79 bits per heavy atom. The van der Waals surface area contributed by atoms with Gasteiger partial charge in [0.15, 0.2) is 5.78 Å². The number of non-ortho nitro benzene ring substituents is 1. The van der Waals surface area contributed by atoms with Gasteiger partial charge in [-0.25, -0.2) is 0 Å². The molecule has 0 aliphatic heterocycles. The van der Waals surface area contributed by atoms with E-state index < -0.39 is 10.7 Å². The lowest BCUT2D eigenvalue weighted by molar-refractivity contribution is -0.384. The molecule has 0 aliphatic carbocycles. The van der Waals surface area contributed by atoms with Crippen molar-refractivity contribution in [3.05, 3.63) is 81.5 Å². The van der Waals surface area contributed by atoms with Crippen LogP contribution in [0.25, 0.3) is 0 Å². The molecule has 0 spiro atoms. The first kappa shape index (κ1) is 16.4. The molecule has 0 saturated carbocycles. The second-order valence-electron chi connectivity index (χ2n) is 4.61. The van der Waals surface area contributed by atoms with E-state index in [0.29, 0.717) is 5.56 Å². The summed E-state index contributed by atoms with van der Waals surface area (Å²) in [5.74, 6) is -0.411. The Morgan fingerprint density at radius 3 is 2.38 bits per heavy atom. The molecule has 2 aromatic rings. The largest absolute Gasteiger partial charge is 0.359 e. The van der Waals surface area contributed by atoms with Gasteiger partial charge in [-0.3, -0.25) is 14.9 Å². The number of carbonyl (C=O) groups is 1. The fourth-order valence-corrected chi connectivity index (χ4v) is 1.94. The van der Waals surface area contributed by atoms with Gasteiger partial charge in [-0.1, -0.05) is 30.3 Å². The number of ketones is 1.